The van der Waals surface area contributed by atoms with E-state index in [0.29, 0.717) is 57.6 Å². The van der Waals surface area contributed by atoms with Gasteiger partial charge in [-0.05, 0) is 74.9 Å². The van der Waals surface area contributed by atoms with Crippen LogP contribution in [0.5, 0.6) is 6.01 Å². The number of hydrogen-bond donors (Lipinski definition) is 1. The number of fused-ring (bicyclic) bond motifs is 5. The molecule has 4 atom stereocenters. The van der Waals surface area contributed by atoms with Crippen LogP contribution in [0.2, 0.25) is 0 Å². The molecule has 9 rings (SSSR count). The van der Waals surface area contributed by atoms with Gasteiger partial charge in [0.25, 0.3) is 0 Å². The molecular weight excluding hydrogens is 630 g/mol. The molecule has 2 unspecified atom stereocenters. The van der Waals surface area contributed by atoms with Crippen molar-refractivity contribution in [2.75, 3.05) is 75.5 Å². The van der Waals surface area contributed by atoms with E-state index in [1.165, 1.54) is 40.4 Å². The van der Waals surface area contributed by atoms with Crippen LogP contribution in [0, 0.1) is 0 Å². The number of amides is 1. The van der Waals surface area contributed by atoms with Crippen molar-refractivity contribution in [3.63, 3.8) is 0 Å². The fraction of sp³-hybridized carbons (Fsp3) is 0.615. The van der Waals surface area contributed by atoms with Crippen molar-refractivity contribution in [3.05, 3.63) is 53.2 Å². The first-order chi connectivity index (χ1) is 24.6. The van der Waals surface area contributed by atoms with Gasteiger partial charge < -0.3 is 34.2 Å². The Kier molecular flexibility index (Phi) is 8.69. The molecule has 0 spiro atoms. The van der Waals surface area contributed by atoms with Crippen molar-refractivity contribution in [2.45, 2.75) is 88.5 Å². The topological polar surface area (TPSA) is 95.5 Å². The van der Waals surface area contributed by atoms with Crippen LogP contribution in [0.3, 0.4) is 0 Å². The van der Waals surface area contributed by atoms with Gasteiger partial charge in [0.2, 0.25) is 0 Å². The smallest absolute Gasteiger partial charge is 0.409 e. The number of nitrogens with one attached hydrogen (secondary N) is 1. The van der Waals surface area contributed by atoms with Gasteiger partial charge in [0.05, 0.1) is 31.0 Å². The largest absolute Gasteiger partial charge is 0.461 e. The monoisotopic (exact) mass is 681 g/mol. The van der Waals surface area contributed by atoms with Gasteiger partial charge in [-0.3, -0.25) is 4.90 Å². The second kappa shape index (κ2) is 13.5. The highest BCUT2D eigenvalue weighted by Gasteiger charge is 2.50. The van der Waals surface area contributed by atoms with Gasteiger partial charge in [-0.2, -0.15) is 9.97 Å². The second-order valence-corrected chi connectivity index (χ2v) is 15.3. The van der Waals surface area contributed by atoms with Crippen LogP contribution in [-0.4, -0.2) is 115 Å². The van der Waals surface area contributed by atoms with Gasteiger partial charge in [0.1, 0.15) is 19.0 Å². The maximum absolute atomic E-state index is 12.7. The average molecular weight is 682 g/mol. The van der Waals surface area contributed by atoms with Crippen LogP contribution in [-0.2, 0) is 28.9 Å². The van der Waals surface area contributed by atoms with Crippen LogP contribution in [0.1, 0.15) is 62.3 Å². The van der Waals surface area contributed by atoms with Crippen LogP contribution in [0.25, 0.3) is 10.8 Å². The molecule has 1 amide bonds. The molecule has 6 aliphatic heterocycles. The van der Waals surface area contributed by atoms with Crippen molar-refractivity contribution in [3.8, 4) is 6.01 Å². The SMILES string of the molecule is CCc1cccc2cccc(N3CCc4c(nc(OC[C@]56CCCN5[C@@H](COC(=O)N5CCOCC5)CC6)nc4N4CC5CCC(C4)N5)C3)c12. The van der Waals surface area contributed by atoms with E-state index in [1.807, 2.05) is 0 Å². The van der Waals surface area contributed by atoms with E-state index in [-0.39, 0.29) is 17.7 Å². The third kappa shape index (κ3) is 5.94. The number of carbonyl (C=O) groups is 1. The molecular formula is C39H51N7O4. The summed E-state index contributed by atoms with van der Waals surface area (Å²) in [6.45, 7) is 10.2. The fourth-order valence-corrected chi connectivity index (χ4v) is 9.84. The Morgan fingerprint density at radius 1 is 0.980 bits per heavy atom. The van der Waals surface area contributed by atoms with Crippen molar-refractivity contribution in [1.29, 1.82) is 0 Å². The Hall–Kier alpha value is -3.67. The number of ether oxygens (including phenoxy) is 3. The Bertz CT molecular complexity index is 1710. The molecule has 2 bridgehead atoms. The summed E-state index contributed by atoms with van der Waals surface area (Å²) in [5.74, 6) is 1.08. The highest BCUT2D eigenvalue weighted by molar-refractivity contribution is 5.97. The lowest BCUT2D eigenvalue weighted by Gasteiger charge is -2.38. The summed E-state index contributed by atoms with van der Waals surface area (Å²) < 4.78 is 18.0. The first kappa shape index (κ1) is 32.3. The summed E-state index contributed by atoms with van der Waals surface area (Å²) in [6.07, 6.45) is 8.38. The van der Waals surface area contributed by atoms with Gasteiger partial charge >= 0.3 is 12.1 Å². The third-order valence-corrected chi connectivity index (χ3v) is 12.4. The number of aromatic nitrogens is 2. The van der Waals surface area contributed by atoms with E-state index in [2.05, 4.69) is 63.3 Å². The first-order valence-electron chi connectivity index (χ1n) is 19.1. The number of rotatable bonds is 8. The molecule has 6 aliphatic rings. The van der Waals surface area contributed by atoms with Gasteiger partial charge in [-0.25, -0.2) is 4.79 Å². The minimum Gasteiger partial charge on any atom is -0.461 e. The average Bonchev–Trinajstić information content (AvgIpc) is 3.84. The molecule has 11 nitrogen and oxygen atoms in total. The maximum atomic E-state index is 12.7. The molecule has 1 N–H and O–H groups in total. The number of nitrogens with zero attached hydrogens (tertiary/aromatic N) is 6. The molecule has 7 heterocycles. The number of piperazine rings is 1. The molecule has 2 aromatic carbocycles. The lowest BCUT2D eigenvalue weighted by atomic mass is 9.95. The van der Waals surface area contributed by atoms with Crippen LogP contribution >= 0.6 is 0 Å². The van der Waals surface area contributed by atoms with E-state index >= 15 is 0 Å². The Morgan fingerprint density at radius 2 is 1.80 bits per heavy atom. The van der Waals surface area contributed by atoms with Gasteiger partial charge in [-0.1, -0.05) is 37.3 Å². The minimum absolute atomic E-state index is 0.0742. The minimum atomic E-state index is -0.221. The predicted octanol–water partition coefficient (Wildman–Crippen LogP) is 4.54. The van der Waals surface area contributed by atoms with E-state index in [4.69, 9.17) is 24.2 Å². The number of carbonyl (C=O) groups excluding carboxylic acids is 1. The Balaban J connectivity index is 0.965. The standard InChI is InChI=1S/C39H51N7O4/c1-2-27-6-3-7-28-8-4-9-34(35(27)28)44-17-13-32-33(24-44)41-37(42-36(32)45-22-29-10-11-30(23-45)40-29)50-26-39-14-5-16-46(39)31(12-15-39)25-49-38(47)43-18-20-48-21-19-43/h3-4,6-9,29-31,40H,2,5,10-26H2,1H3/t29?,30?,31-,39-/m1/s1. The molecule has 0 radical (unpaired) electrons. The third-order valence-electron chi connectivity index (χ3n) is 12.4. The summed E-state index contributed by atoms with van der Waals surface area (Å²) >= 11 is 0. The summed E-state index contributed by atoms with van der Waals surface area (Å²) in [6, 6.07) is 15.1. The first-order valence-corrected chi connectivity index (χ1v) is 19.1. The summed E-state index contributed by atoms with van der Waals surface area (Å²) in [7, 11) is 0. The number of hydrogen-bond acceptors (Lipinski definition) is 10. The highest BCUT2D eigenvalue weighted by Crippen LogP contribution is 2.43. The lowest BCUT2D eigenvalue weighted by molar-refractivity contribution is 0.0138. The van der Waals surface area contributed by atoms with Crippen LogP contribution in [0.15, 0.2) is 36.4 Å². The normalized spacial score (nSPS) is 27.9. The highest BCUT2D eigenvalue weighted by atomic mass is 16.6. The Morgan fingerprint density at radius 3 is 2.62 bits per heavy atom. The summed E-state index contributed by atoms with van der Waals surface area (Å²) in [5.41, 5.74) is 4.98. The number of benzene rings is 2. The van der Waals surface area contributed by atoms with E-state index in [1.54, 1.807) is 4.90 Å². The van der Waals surface area contributed by atoms with Gasteiger partial charge in [0.15, 0.2) is 0 Å². The molecule has 11 heteroatoms. The van der Waals surface area contributed by atoms with Gasteiger partial charge in [-0.15, -0.1) is 0 Å². The van der Waals surface area contributed by atoms with Crippen LogP contribution in [0.4, 0.5) is 16.3 Å². The van der Waals surface area contributed by atoms with Crippen molar-refractivity contribution >= 4 is 28.4 Å². The fourth-order valence-electron chi connectivity index (χ4n) is 9.84. The molecule has 1 aromatic heterocycles. The zero-order valence-electron chi connectivity index (χ0n) is 29.4. The number of anilines is 2. The molecule has 5 saturated heterocycles. The molecule has 5 fully saturated rings. The zero-order valence-corrected chi connectivity index (χ0v) is 29.4. The van der Waals surface area contributed by atoms with Crippen molar-refractivity contribution in [2.24, 2.45) is 0 Å². The van der Waals surface area contributed by atoms with E-state index in [0.717, 1.165) is 82.8 Å². The lowest BCUT2D eigenvalue weighted by Crippen LogP contribution is -2.52. The molecule has 0 saturated carbocycles. The van der Waals surface area contributed by atoms with Crippen LogP contribution < -0.4 is 19.9 Å². The molecule has 3 aromatic rings. The van der Waals surface area contributed by atoms with Crippen molar-refractivity contribution < 1.29 is 19.0 Å². The molecule has 0 aliphatic carbocycles. The van der Waals surface area contributed by atoms with Gasteiger partial charge in [0, 0.05) is 67.5 Å². The number of aryl methyl sites for hydroxylation is 1. The summed E-state index contributed by atoms with van der Waals surface area (Å²) in [4.78, 5) is 32.5. The molecule has 50 heavy (non-hydrogen) atoms. The maximum Gasteiger partial charge on any atom is 0.409 e. The quantitative estimate of drug-likeness (QED) is 0.365. The second-order valence-electron chi connectivity index (χ2n) is 15.3. The number of morpholine rings is 1. The summed E-state index contributed by atoms with van der Waals surface area (Å²) in [5, 5.41) is 6.45. The molecule has 266 valence electrons. The zero-order chi connectivity index (χ0) is 33.7. The Labute approximate surface area is 295 Å². The van der Waals surface area contributed by atoms with E-state index < -0.39 is 0 Å². The van der Waals surface area contributed by atoms with E-state index in [9.17, 15) is 4.79 Å². The predicted molar refractivity (Wildman–Crippen MR) is 193 cm³/mol. The van der Waals surface area contributed by atoms with Crippen molar-refractivity contribution in [1.82, 2.24) is 25.1 Å².